The lowest BCUT2D eigenvalue weighted by atomic mass is 10.1. The van der Waals surface area contributed by atoms with Gasteiger partial charge in [-0.3, -0.25) is 4.98 Å². The molecule has 0 fully saturated rings. The average Bonchev–Trinajstić information content (AvgIpc) is 2.02. The molecule has 0 aliphatic rings. The Hall–Kier alpha value is -1.44. The summed E-state index contributed by atoms with van der Waals surface area (Å²) in [6.07, 6.45) is 1.70. The third kappa shape index (κ3) is 1.28. The van der Waals surface area contributed by atoms with Crippen molar-refractivity contribution in [2.75, 3.05) is 0 Å². The highest BCUT2D eigenvalue weighted by Crippen LogP contribution is 2.21. The first-order chi connectivity index (χ1) is 6.18. The molecule has 2 rings (SSSR count). The molecule has 0 spiro atoms. The number of aryl methyl sites for hydroxylation is 2. The Morgan fingerprint density at radius 2 is 1.92 bits per heavy atom. The lowest BCUT2D eigenvalue weighted by molar-refractivity contribution is 0.628. The van der Waals surface area contributed by atoms with E-state index in [2.05, 4.69) is 4.98 Å². The Balaban J connectivity index is 2.94. The van der Waals surface area contributed by atoms with Gasteiger partial charge in [-0.2, -0.15) is 0 Å². The first-order valence-corrected chi connectivity index (χ1v) is 4.20. The van der Waals surface area contributed by atoms with Crippen LogP contribution < -0.4 is 0 Å². The van der Waals surface area contributed by atoms with E-state index in [9.17, 15) is 4.39 Å². The van der Waals surface area contributed by atoms with Crippen molar-refractivity contribution in [1.29, 1.82) is 0 Å². The van der Waals surface area contributed by atoms with E-state index in [1.165, 1.54) is 12.1 Å². The molecule has 0 saturated carbocycles. The number of benzene rings is 1. The zero-order valence-electron chi connectivity index (χ0n) is 7.63. The summed E-state index contributed by atoms with van der Waals surface area (Å²) in [6.45, 7) is 3.91. The molecule has 0 amide bonds. The van der Waals surface area contributed by atoms with Crippen LogP contribution in [0.1, 0.15) is 11.1 Å². The summed E-state index contributed by atoms with van der Waals surface area (Å²) in [7, 11) is 0. The van der Waals surface area contributed by atoms with E-state index in [4.69, 9.17) is 0 Å². The molecule has 0 aliphatic carbocycles. The third-order valence-corrected chi connectivity index (χ3v) is 2.21. The second-order valence-corrected chi connectivity index (χ2v) is 3.24. The van der Waals surface area contributed by atoms with Crippen LogP contribution in [0.5, 0.6) is 0 Å². The second-order valence-electron chi connectivity index (χ2n) is 3.24. The number of rotatable bonds is 0. The summed E-state index contributed by atoms with van der Waals surface area (Å²) in [5.41, 5.74) is 2.82. The van der Waals surface area contributed by atoms with Gasteiger partial charge in [-0.05, 0) is 37.1 Å². The zero-order valence-corrected chi connectivity index (χ0v) is 7.63. The van der Waals surface area contributed by atoms with Crippen molar-refractivity contribution < 1.29 is 4.39 Å². The fraction of sp³-hybridized carbons (Fsp3) is 0.182. The maximum atomic E-state index is 13.0. The lowest BCUT2D eigenvalue weighted by Gasteiger charge is -2.04. The molecule has 0 N–H and O–H groups in total. The van der Waals surface area contributed by atoms with E-state index in [0.29, 0.717) is 0 Å². The normalized spacial score (nSPS) is 10.7. The van der Waals surface area contributed by atoms with Crippen LogP contribution in [0.4, 0.5) is 4.39 Å². The highest BCUT2D eigenvalue weighted by Gasteiger charge is 2.03. The van der Waals surface area contributed by atoms with Crippen LogP contribution in [0.15, 0.2) is 24.4 Å². The van der Waals surface area contributed by atoms with Crippen LogP contribution >= 0.6 is 0 Å². The maximum Gasteiger partial charge on any atom is 0.125 e. The summed E-state index contributed by atoms with van der Waals surface area (Å²) >= 11 is 0. The Morgan fingerprint density at radius 1 is 1.15 bits per heavy atom. The van der Waals surface area contributed by atoms with Crippen LogP contribution in [0, 0.1) is 19.7 Å². The van der Waals surface area contributed by atoms with Crippen molar-refractivity contribution in [2.45, 2.75) is 13.8 Å². The summed E-state index contributed by atoms with van der Waals surface area (Å²) in [5, 5.41) is 1.06. The van der Waals surface area contributed by atoms with Gasteiger partial charge >= 0.3 is 0 Å². The fourth-order valence-electron chi connectivity index (χ4n) is 1.65. The Morgan fingerprint density at radius 3 is 2.69 bits per heavy atom. The number of nitrogens with zero attached hydrogens (tertiary/aromatic N) is 1. The minimum Gasteiger partial charge on any atom is -0.256 e. The number of pyridine rings is 1. The summed E-state index contributed by atoms with van der Waals surface area (Å²) in [6, 6.07) is 4.94. The molecule has 0 saturated heterocycles. The van der Waals surface area contributed by atoms with E-state index in [-0.39, 0.29) is 5.82 Å². The fourth-order valence-corrected chi connectivity index (χ4v) is 1.65. The van der Waals surface area contributed by atoms with Gasteiger partial charge in [0.25, 0.3) is 0 Å². The molecule has 1 aromatic carbocycles. The Kier molecular flexibility index (Phi) is 1.76. The minimum atomic E-state index is -0.219. The predicted molar refractivity (Wildman–Crippen MR) is 51.2 cm³/mol. The lowest BCUT2D eigenvalue weighted by Crippen LogP contribution is -1.87. The Labute approximate surface area is 76.2 Å². The molecule has 1 nitrogen and oxygen atoms in total. The Bertz CT molecular complexity index is 463. The van der Waals surface area contributed by atoms with Gasteiger partial charge in [-0.15, -0.1) is 0 Å². The predicted octanol–water partition coefficient (Wildman–Crippen LogP) is 2.99. The average molecular weight is 175 g/mol. The summed E-state index contributed by atoms with van der Waals surface area (Å²) in [5.74, 6) is -0.219. The van der Waals surface area contributed by atoms with Crippen molar-refractivity contribution in [3.63, 3.8) is 0 Å². The molecule has 13 heavy (non-hydrogen) atoms. The summed E-state index contributed by atoms with van der Waals surface area (Å²) in [4.78, 5) is 4.12. The van der Waals surface area contributed by atoms with Crippen molar-refractivity contribution in [3.05, 3.63) is 41.3 Å². The molecule has 0 radical (unpaired) electrons. The van der Waals surface area contributed by atoms with Gasteiger partial charge in [0.1, 0.15) is 5.82 Å². The highest BCUT2D eigenvalue weighted by molar-refractivity contribution is 5.85. The standard InChI is InChI=1S/C11H10FN/c1-7-3-4-13-10-6-9(12)5-8(2)11(7)10/h3-6H,1-2H3. The van der Waals surface area contributed by atoms with E-state index < -0.39 is 0 Å². The first kappa shape index (κ1) is 8.17. The van der Waals surface area contributed by atoms with Crippen molar-refractivity contribution >= 4 is 10.9 Å². The molecule has 2 aromatic rings. The molecule has 66 valence electrons. The van der Waals surface area contributed by atoms with Crippen molar-refractivity contribution in [3.8, 4) is 0 Å². The largest absolute Gasteiger partial charge is 0.256 e. The monoisotopic (exact) mass is 175 g/mol. The molecular weight excluding hydrogens is 165 g/mol. The second kappa shape index (κ2) is 2.80. The maximum absolute atomic E-state index is 13.0. The molecule has 1 aromatic heterocycles. The van der Waals surface area contributed by atoms with Gasteiger partial charge in [-0.25, -0.2) is 4.39 Å². The van der Waals surface area contributed by atoms with Gasteiger partial charge in [0, 0.05) is 17.6 Å². The zero-order chi connectivity index (χ0) is 9.42. The van der Waals surface area contributed by atoms with E-state index in [0.717, 1.165) is 22.0 Å². The number of halogens is 1. The van der Waals surface area contributed by atoms with Gasteiger partial charge in [-0.1, -0.05) is 0 Å². The van der Waals surface area contributed by atoms with E-state index in [1.807, 2.05) is 19.9 Å². The number of hydrogen-bond acceptors (Lipinski definition) is 1. The van der Waals surface area contributed by atoms with Crippen LogP contribution in [0.25, 0.3) is 10.9 Å². The van der Waals surface area contributed by atoms with Crippen molar-refractivity contribution in [2.24, 2.45) is 0 Å². The molecule has 2 heteroatoms. The molecule has 0 aliphatic heterocycles. The molecule has 1 heterocycles. The van der Waals surface area contributed by atoms with Crippen molar-refractivity contribution in [1.82, 2.24) is 4.98 Å². The van der Waals surface area contributed by atoms with Gasteiger partial charge in [0.15, 0.2) is 0 Å². The number of hydrogen-bond donors (Lipinski definition) is 0. The van der Waals surface area contributed by atoms with Crippen LogP contribution in [-0.2, 0) is 0 Å². The summed E-state index contributed by atoms with van der Waals surface area (Å²) < 4.78 is 13.0. The van der Waals surface area contributed by atoms with E-state index >= 15 is 0 Å². The molecular formula is C11H10FN. The highest BCUT2D eigenvalue weighted by atomic mass is 19.1. The third-order valence-electron chi connectivity index (χ3n) is 2.21. The van der Waals surface area contributed by atoms with Crippen LogP contribution in [0.3, 0.4) is 0 Å². The van der Waals surface area contributed by atoms with Gasteiger partial charge in [0.2, 0.25) is 0 Å². The minimum absolute atomic E-state index is 0.219. The van der Waals surface area contributed by atoms with Crippen LogP contribution in [0.2, 0.25) is 0 Å². The first-order valence-electron chi connectivity index (χ1n) is 4.20. The molecule has 0 unspecified atom stereocenters. The van der Waals surface area contributed by atoms with Crippen LogP contribution in [-0.4, -0.2) is 4.98 Å². The van der Waals surface area contributed by atoms with Gasteiger partial charge in [0.05, 0.1) is 5.52 Å². The van der Waals surface area contributed by atoms with E-state index in [1.54, 1.807) is 6.20 Å². The molecule has 0 bridgehead atoms. The number of fused-ring (bicyclic) bond motifs is 1. The topological polar surface area (TPSA) is 12.9 Å². The SMILES string of the molecule is Cc1ccnc2cc(F)cc(C)c12. The van der Waals surface area contributed by atoms with Gasteiger partial charge < -0.3 is 0 Å². The number of aromatic nitrogens is 1. The quantitative estimate of drug-likeness (QED) is 0.599. The smallest absolute Gasteiger partial charge is 0.125 e. The molecule has 0 atom stereocenters.